The molecule has 0 rings (SSSR count). The predicted molar refractivity (Wildman–Crippen MR) is 23.3 cm³/mol. The standard InChI is InChI=1S/C2H4F2.C2H6/c3-1-2-4;1-2/h1-2H2;1-2H3. The Morgan fingerprint density at radius 1 is 1.00 bits per heavy atom. The van der Waals surface area contributed by atoms with Crippen molar-refractivity contribution in [2.45, 2.75) is 13.8 Å². The molecule has 0 aromatic carbocycles. The third-order valence-electron chi connectivity index (χ3n) is 0.0714. The monoisotopic (exact) mass is 96.1 g/mol. The fourth-order valence-corrected chi connectivity index (χ4v) is 0. The van der Waals surface area contributed by atoms with E-state index in [1.165, 1.54) is 0 Å². The molecule has 0 fully saturated rings. The molecule has 0 nitrogen and oxygen atoms in total. The summed E-state index contributed by atoms with van der Waals surface area (Å²) in [5.41, 5.74) is 0. The second kappa shape index (κ2) is 20.9. The van der Waals surface area contributed by atoms with Gasteiger partial charge in [-0.1, -0.05) is 13.8 Å². The Bertz CT molecular complexity index is 7.51. The van der Waals surface area contributed by atoms with Gasteiger partial charge >= 0.3 is 0 Å². The van der Waals surface area contributed by atoms with Gasteiger partial charge in [-0.05, 0) is 0 Å². The Kier molecular flexibility index (Phi) is 32.4. The van der Waals surface area contributed by atoms with E-state index >= 15 is 0 Å². The van der Waals surface area contributed by atoms with E-state index in [4.69, 9.17) is 0 Å². The van der Waals surface area contributed by atoms with Crippen molar-refractivity contribution in [3.8, 4) is 0 Å². The number of halogens is 2. The molecule has 0 aromatic rings. The summed E-state index contributed by atoms with van der Waals surface area (Å²) in [4.78, 5) is 0. The molecular formula is C4H10F2. The molecule has 0 aromatic heterocycles. The molecule has 0 bridgehead atoms. The molecule has 0 aliphatic heterocycles. The minimum absolute atomic E-state index is 0.847. The van der Waals surface area contributed by atoms with Gasteiger partial charge in [0.2, 0.25) is 0 Å². The van der Waals surface area contributed by atoms with Gasteiger partial charge in [0.25, 0.3) is 0 Å². The second-order valence-electron chi connectivity index (χ2n) is 0.378. The van der Waals surface area contributed by atoms with E-state index in [1.807, 2.05) is 13.8 Å². The summed E-state index contributed by atoms with van der Waals surface area (Å²) in [5.74, 6) is 0. The number of hydrogen-bond donors (Lipinski definition) is 0. The first-order valence-corrected chi connectivity index (χ1v) is 2.03. The van der Waals surface area contributed by atoms with Crippen LogP contribution in [0.3, 0.4) is 0 Å². The lowest BCUT2D eigenvalue weighted by Crippen LogP contribution is -1.68. The van der Waals surface area contributed by atoms with E-state index in [0.29, 0.717) is 0 Å². The van der Waals surface area contributed by atoms with Crippen molar-refractivity contribution < 1.29 is 8.78 Å². The molecule has 0 spiro atoms. The van der Waals surface area contributed by atoms with E-state index in [9.17, 15) is 8.78 Å². The van der Waals surface area contributed by atoms with Crippen LogP contribution in [0, 0.1) is 0 Å². The lowest BCUT2D eigenvalue weighted by atomic mass is 10.9. The summed E-state index contributed by atoms with van der Waals surface area (Å²) in [6, 6.07) is 0. The lowest BCUT2D eigenvalue weighted by molar-refractivity contribution is 0.380. The normalized spacial score (nSPS) is 6.00. The molecule has 0 saturated heterocycles. The molecule has 0 unspecified atom stereocenters. The van der Waals surface area contributed by atoms with E-state index in [1.54, 1.807) is 0 Å². The molecule has 40 valence electrons. The largest absolute Gasteiger partial charge is 0.248 e. The highest BCUT2D eigenvalue weighted by Gasteiger charge is 1.65. The Morgan fingerprint density at radius 2 is 1.17 bits per heavy atom. The average Bonchev–Trinajstić information content (AvgIpc) is 1.72. The molecule has 0 aliphatic rings. The molecule has 0 radical (unpaired) electrons. The van der Waals surface area contributed by atoms with Crippen LogP contribution < -0.4 is 0 Å². The van der Waals surface area contributed by atoms with Crippen LogP contribution in [0.5, 0.6) is 0 Å². The van der Waals surface area contributed by atoms with Crippen LogP contribution >= 0.6 is 0 Å². The molecule has 0 heterocycles. The quantitative estimate of drug-likeness (QED) is 0.468. The van der Waals surface area contributed by atoms with E-state index in [-0.39, 0.29) is 0 Å². The molecular weight excluding hydrogens is 86.0 g/mol. The number of alkyl halides is 2. The van der Waals surface area contributed by atoms with Crippen molar-refractivity contribution in [3.05, 3.63) is 0 Å². The highest BCUT2D eigenvalue weighted by Crippen LogP contribution is 1.63. The van der Waals surface area contributed by atoms with Crippen molar-refractivity contribution in [2.24, 2.45) is 0 Å². The van der Waals surface area contributed by atoms with Crippen molar-refractivity contribution in [3.63, 3.8) is 0 Å². The zero-order valence-corrected chi connectivity index (χ0v) is 4.17. The third-order valence-corrected chi connectivity index (χ3v) is 0.0714. The summed E-state index contributed by atoms with van der Waals surface area (Å²) in [6.07, 6.45) is 0. The molecule has 0 saturated carbocycles. The lowest BCUT2D eigenvalue weighted by Gasteiger charge is -1.61. The second-order valence-corrected chi connectivity index (χ2v) is 0.378. The summed E-state index contributed by atoms with van der Waals surface area (Å²) >= 11 is 0. The van der Waals surface area contributed by atoms with Crippen LogP contribution in [0.15, 0.2) is 0 Å². The molecule has 0 amide bonds. The first-order valence-electron chi connectivity index (χ1n) is 2.03. The van der Waals surface area contributed by atoms with Gasteiger partial charge in [-0.2, -0.15) is 0 Å². The third kappa shape index (κ3) is 42.7. The zero-order valence-electron chi connectivity index (χ0n) is 4.17. The fraction of sp³-hybridized carbons (Fsp3) is 1.00. The first kappa shape index (κ1) is 9.29. The molecule has 2 heteroatoms. The zero-order chi connectivity index (χ0) is 5.41. The predicted octanol–water partition coefficient (Wildman–Crippen LogP) is 1.95. The van der Waals surface area contributed by atoms with Crippen molar-refractivity contribution in [1.82, 2.24) is 0 Å². The molecule has 0 aliphatic carbocycles. The highest BCUT2D eigenvalue weighted by atomic mass is 19.2. The van der Waals surface area contributed by atoms with Crippen LogP contribution in [0.25, 0.3) is 0 Å². The Labute approximate surface area is 37.2 Å². The first-order chi connectivity index (χ1) is 2.91. The van der Waals surface area contributed by atoms with Crippen LogP contribution in [-0.4, -0.2) is 13.3 Å². The summed E-state index contributed by atoms with van der Waals surface area (Å²) in [5, 5.41) is 0. The van der Waals surface area contributed by atoms with Crippen molar-refractivity contribution >= 4 is 0 Å². The topological polar surface area (TPSA) is 0 Å². The van der Waals surface area contributed by atoms with Gasteiger partial charge in [0.15, 0.2) is 0 Å². The summed E-state index contributed by atoms with van der Waals surface area (Å²) < 4.78 is 20.7. The Morgan fingerprint density at radius 3 is 1.17 bits per heavy atom. The van der Waals surface area contributed by atoms with Gasteiger partial charge in [0, 0.05) is 0 Å². The van der Waals surface area contributed by atoms with Crippen LogP contribution in [-0.2, 0) is 0 Å². The highest BCUT2D eigenvalue weighted by molar-refractivity contribution is 4.09. The fourth-order valence-electron chi connectivity index (χ4n) is 0. The van der Waals surface area contributed by atoms with Gasteiger partial charge in [0.05, 0.1) is 0 Å². The maximum absolute atomic E-state index is 10.3. The van der Waals surface area contributed by atoms with Gasteiger partial charge in [-0.25, -0.2) is 8.78 Å². The van der Waals surface area contributed by atoms with Gasteiger partial charge in [-0.15, -0.1) is 0 Å². The van der Waals surface area contributed by atoms with Gasteiger partial charge in [0.1, 0.15) is 13.3 Å². The maximum Gasteiger partial charge on any atom is 0.118 e. The molecule has 6 heavy (non-hydrogen) atoms. The summed E-state index contributed by atoms with van der Waals surface area (Å²) in [6.45, 7) is 2.31. The minimum atomic E-state index is -0.847. The Hall–Kier alpha value is -0.140. The SMILES string of the molecule is CC.FCCF. The smallest absolute Gasteiger partial charge is 0.118 e. The van der Waals surface area contributed by atoms with Gasteiger partial charge in [-0.3, -0.25) is 0 Å². The van der Waals surface area contributed by atoms with E-state index in [2.05, 4.69) is 0 Å². The van der Waals surface area contributed by atoms with Crippen LogP contribution in [0.2, 0.25) is 0 Å². The average molecular weight is 96.1 g/mol. The maximum atomic E-state index is 10.3. The van der Waals surface area contributed by atoms with E-state index < -0.39 is 13.3 Å². The number of hydrogen-bond acceptors (Lipinski definition) is 0. The molecule has 0 N–H and O–H groups in total. The number of rotatable bonds is 1. The van der Waals surface area contributed by atoms with Gasteiger partial charge < -0.3 is 0 Å². The minimum Gasteiger partial charge on any atom is -0.248 e. The van der Waals surface area contributed by atoms with Crippen molar-refractivity contribution in [1.29, 1.82) is 0 Å². The summed E-state index contributed by atoms with van der Waals surface area (Å²) in [7, 11) is 0. The van der Waals surface area contributed by atoms with E-state index in [0.717, 1.165) is 0 Å². The van der Waals surface area contributed by atoms with Crippen molar-refractivity contribution in [2.75, 3.05) is 13.3 Å². The van der Waals surface area contributed by atoms with Crippen LogP contribution in [0.4, 0.5) is 8.78 Å². The molecule has 0 atom stereocenters. The Balaban J connectivity index is 0. The van der Waals surface area contributed by atoms with Crippen LogP contribution in [0.1, 0.15) is 13.8 Å².